The Morgan fingerprint density at radius 1 is 1.46 bits per heavy atom. The van der Waals surface area contributed by atoms with E-state index in [9.17, 15) is 4.79 Å². The summed E-state index contributed by atoms with van der Waals surface area (Å²) < 4.78 is 0. The molecule has 0 aliphatic carbocycles. The Labute approximate surface area is 152 Å². The highest BCUT2D eigenvalue weighted by Crippen LogP contribution is 2.36. The molecule has 1 aromatic carbocycles. The van der Waals surface area contributed by atoms with Gasteiger partial charge in [0.25, 0.3) is 0 Å². The number of benzene rings is 1. The molecule has 1 aromatic rings. The van der Waals surface area contributed by atoms with Crippen LogP contribution in [0.25, 0.3) is 0 Å². The lowest BCUT2D eigenvalue weighted by Gasteiger charge is -2.40. The van der Waals surface area contributed by atoms with E-state index >= 15 is 0 Å². The van der Waals surface area contributed by atoms with Crippen molar-refractivity contribution in [3.05, 3.63) is 33.8 Å². The van der Waals surface area contributed by atoms with Crippen LogP contribution < -0.4 is 10.6 Å². The topological polar surface area (TPSA) is 56.7 Å². The summed E-state index contributed by atoms with van der Waals surface area (Å²) in [5.74, 6) is 1.01. The predicted molar refractivity (Wildman–Crippen MR) is 97.5 cm³/mol. The van der Waals surface area contributed by atoms with Crippen LogP contribution in [0, 0.1) is 5.41 Å². The smallest absolute Gasteiger partial charge is 0.220 e. The first-order chi connectivity index (χ1) is 11.5. The third-order valence-corrected chi connectivity index (χ3v) is 5.41. The zero-order chi connectivity index (χ0) is 17.2. The molecule has 1 unspecified atom stereocenters. The SMILES string of the molecule is CN=C(NCc1ccc(Cl)cc1Cl)N1CCCC2(CNC(=O)C2)C1. The number of halogens is 2. The Bertz CT molecular complexity index is 664. The van der Waals surface area contributed by atoms with Crippen molar-refractivity contribution >= 4 is 35.1 Å². The molecule has 1 spiro atoms. The van der Waals surface area contributed by atoms with Gasteiger partial charge in [-0.15, -0.1) is 0 Å². The van der Waals surface area contributed by atoms with Gasteiger partial charge in [0.2, 0.25) is 5.91 Å². The summed E-state index contributed by atoms with van der Waals surface area (Å²) in [5.41, 5.74) is 1.02. The quantitative estimate of drug-likeness (QED) is 0.623. The summed E-state index contributed by atoms with van der Waals surface area (Å²) in [6, 6.07) is 5.50. The molecule has 24 heavy (non-hydrogen) atoms. The van der Waals surface area contributed by atoms with Gasteiger partial charge in [0, 0.05) is 55.1 Å². The lowest BCUT2D eigenvalue weighted by atomic mass is 9.79. The number of carbonyl (C=O) groups excluding carboxylic acids is 1. The molecule has 130 valence electrons. The van der Waals surface area contributed by atoms with E-state index in [0.29, 0.717) is 23.0 Å². The molecule has 2 fully saturated rings. The van der Waals surface area contributed by atoms with Crippen LogP contribution in [-0.2, 0) is 11.3 Å². The second kappa shape index (κ2) is 7.19. The van der Waals surface area contributed by atoms with E-state index in [0.717, 1.165) is 44.0 Å². The average molecular weight is 369 g/mol. The van der Waals surface area contributed by atoms with Gasteiger partial charge >= 0.3 is 0 Å². The highest BCUT2D eigenvalue weighted by molar-refractivity contribution is 6.35. The molecular formula is C17H22Cl2N4O. The maximum atomic E-state index is 11.6. The third-order valence-electron chi connectivity index (χ3n) is 4.82. The number of carbonyl (C=O) groups is 1. The number of guanidine groups is 1. The zero-order valence-corrected chi connectivity index (χ0v) is 15.3. The van der Waals surface area contributed by atoms with Gasteiger partial charge in [0.05, 0.1) is 0 Å². The van der Waals surface area contributed by atoms with E-state index in [4.69, 9.17) is 23.2 Å². The molecule has 0 bridgehead atoms. The molecule has 1 atom stereocenters. The Morgan fingerprint density at radius 2 is 2.29 bits per heavy atom. The molecule has 3 rings (SSSR count). The summed E-state index contributed by atoms with van der Waals surface area (Å²) in [5, 5.41) is 7.62. The molecule has 2 N–H and O–H groups in total. The summed E-state index contributed by atoms with van der Waals surface area (Å²) >= 11 is 12.2. The Morgan fingerprint density at radius 3 is 2.96 bits per heavy atom. The standard InChI is InChI=1S/C17H22Cl2N4O/c1-20-16(21-9-12-3-4-13(18)7-14(12)19)23-6-2-5-17(11-23)8-15(24)22-10-17/h3-4,7H,2,5-6,8-11H2,1H3,(H,20,21)(H,22,24). The molecule has 7 heteroatoms. The van der Waals surface area contributed by atoms with Crippen LogP contribution in [0.1, 0.15) is 24.8 Å². The van der Waals surface area contributed by atoms with Crippen LogP contribution in [0.4, 0.5) is 0 Å². The second-order valence-electron chi connectivity index (χ2n) is 6.62. The number of likely N-dealkylation sites (tertiary alicyclic amines) is 1. The minimum absolute atomic E-state index is 0.0465. The van der Waals surface area contributed by atoms with Gasteiger partial charge in [0.1, 0.15) is 0 Å². The van der Waals surface area contributed by atoms with Crippen molar-refractivity contribution in [1.82, 2.24) is 15.5 Å². The minimum atomic E-state index is 0.0465. The largest absolute Gasteiger partial charge is 0.355 e. The average Bonchev–Trinajstić information content (AvgIpc) is 2.90. The van der Waals surface area contributed by atoms with Crippen molar-refractivity contribution in [3.63, 3.8) is 0 Å². The van der Waals surface area contributed by atoms with Crippen molar-refractivity contribution in [3.8, 4) is 0 Å². The van der Waals surface area contributed by atoms with Crippen LogP contribution in [0.2, 0.25) is 10.0 Å². The summed E-state index contributed by atoms with van der Waals surface area (Å²) in [6.45, 7) is 3.15. The fourth-order valence-corrected chi connectivity index (χ4v) is 4.08. The highest BCUT2D eigenvalue weighted by atomic mass is 35.5. The lowest BCUT2D eigenvalue weighted by Crippen LogP contribution is -2.51. The van der Waals surface area contributed by atoms with Gasteiger partial charge in [-0.25, -0.2) is 0 Å². The fraction of sp³-hybridized carbons (Fsp3) is 0.529. The van der Waals surface area contributed by atoms with Crippen molar-refractivity contribution in [2.45, 2.75) is 25.8 Å². The number of hydrogen-bond donors (Lipinski definition) is 2. The highest BCUT2D eigenvalue weighted by Gasteiger charge is 2.42. The number of aliphatic imine (C=N–C) groups is 1. The fourth-order valence-electron chi connectivity index (χ4n) is 3.60. The van der Waals surface area contributed by atoms with Gasteiger partial charge in [-0.3, -0.25) is 9.79 Å². The first kappa shape index (κ1) is 17.4. The van der Waals surface area contributed by atoms with Crippen LogP contribution in [0.3, 0.4) is 0 Å². The molecule has 1 amide bonds. The van der Waals surface area contributed by atoms with Crippen molar-refractivity contribution in [1.29, 1.82) is 0 Å². The van der Waals surface area contributed by atoms with Gasteiger partial charge < -0.3 is 15.5 Å². The molecule has 2 saturated heterocycles. The van der Waals surface area contributed by atoms with Crippen molar-refractivity contribution in [2.24, 2.45) is 10.4 Å². The normalized spacial score (nSPS) is 24.4. The number of nitrogens with one attached hydrogen (secondary N) is 2. The summed E-state index contributed by atoms with van der Waals surface area (Å²) in [7, 11) is 1.78. The van der Waals surface area contributed by atoms with E-state index in [1.165, 1.54) is 0 Å². The Hall–Kier alpha value is -1.46. The summed E-state index contributed by atoms with van der Waals surface area (Å²) in [4.78, 5) is 18.3. The molecule has 0 aromatic heterocycles. The molecule has 5 nitrogen and oxygen atoms in total. The van der Waals surface area contributed by atoms with E-state index < -0.39 is 0 Å². The Kier molecular flexibility index (Phi) is 5.21. The van der Waals surface area contributed by atoms with Crippen molar-refractivity contribution < 1.29 is 4.79 Å². The van der Waals surface area contributed by atoms with Crippen LogP contribution in [-0.4, -0.2) is 43.4 Å². The van der Waals surface area contributed by atoms with Gasteiger partial charge in [-0.2, -0.15) is 0 Å². The number of rotatable bonds is 2. The molecule has 0 radical (unpaired) electrons. The first-order valence-electron chi connectivity index (χ1n) is 8.18. The van der Waals surface area contributed by atoms with Gasteiger partial charge in [-0.1, -0.05) is 29.3 Å². The number of amides is 1. The molecule has 2 heterocycles. The van der Waals surface area contributed by atoms with Gasteiger partial charge in [-0.05, 0) is 30.5 Å². The maximum Gasteiger partial charge on any atom is 0.220 e. The van der Waals surface area contributed by atoms with E-state index in [1.54, 1.807) is 13.1 Å². The monoisotopic (exact) mass is 368 g/mol. The predicted octanol–water partition coefficient (Wildman–Crippen LogP) is 2.67. The second-order valence-corrected chi connectivity index (χ2v) is 7.46. The third kappa shape index (κ3) is 3.78. The summed E-state index contributed by atoms with van der Waals surface area (Å²) in [6.07, 6.45) is 2.77. The lowest BCUT2D eigenvalue weighted by molar-refractivity contribution is -0.119. The molecule has 2 aliphatic rings. The van der Waals surface area contributed by atoms with Crippen LogP contribution in [0.15, 0.2) is 23.2 Å². The maximum absolute atomic E-state index is 11.6. The number of piperidine rings is 1. The first-order valence-corrected chi connectivity index (χ1v) is 8.93. The van der Waals surface area contributed by atoms with Crippen molar-refractivity contribution in [2.75, 3.05) is 26.7 Å². The van der Waals surface area contributed by atoms with Crippen LogP contribution in [0.5, 0.6) is 0 Å². The molecule has 0 saturated carbocycles. The zero-order valence-electron chi connectivity index (χ0n) is 13.7. The number of nitrogens with zero attached hydrogens (tertiary/aromatic N) is 2. The Balaban J connectivity index is 1.64. The van der Waals surface area contributed by atoms with Gasteiger partial charge in [0.15, 0.2) is 5.96 Å². The molecular weight excluding hydrogens is 347 g/mol. The van der Waals surface area contributed by atoms with Crippen LogP contribution >= 0.6 is 23.2 Å². The van der Waals surface area contributed by atoms with E-state index in [1.807, 2.05) is 12.1 Å². The minimum Gasteiger partial charge on any atom is -0.355 e. The number of hydrogen-bond acceptors (Lipinski definition) is 2. The van der Waals surface area contributed by atoms with E-state index in [-0.39, 0.29) is 11.3 Å². The molecule has 2 aliphatic heterocycles. The van der Waals surface area contributed by atoms with E-state index in [2.05, 4.69) is 20.5 Å².